The van der Waals surface area contributed by atoms with E-state index < -0.39 is 0 Å². The lowest BCUT2D eigenvalue weighted by atomic mass is 11.2. The largest absolute Gasteiger partial charge is 0.307 e. The van der Waals surface area contributed by atoms with Crippen LogP contribution in [0.15, 0.2) is 0 Å². The number of nitrogens with one attached hydrogen (secondary N) is 2. The zero-order valence-electron chi connectivity index (χ0n) is 4.80. The predicted octanol–water partition coefficient (Wildman–Crippen LogP) is -0.393. The highest BCUT2D eigenvalue weighted by Crippen LogP contribution is 1.82. The third kappa shape index (κ3) is 2.15. The third-order valence-corrected chi connectivity index (χ3v) is 0.839. The Kier molecular flexibility index (Phi) is 3.59. The molecule has 0 aromatic rings. The van der Waals surface area contributed by atoms with Gasteiger partial charge < -0.3 is 0 Å². The van der Waals surface area contributed by atoms with Crippen molar-refractivity contribution in [2.24, 2.45) is 0 Å². The Labute approximate surface area is 53.6 Å². The molecular formula is C3H9N3OS. The standard InChI is InChI=1S/C3H9N3OS/c1-4-6(5-2)3(7)8/h4-5H,1-2H3,(H,7,8). The minimum Gasteiger partial charge on any atom is -0.259 e. The molecule has 0 spiro atoms. The lowest BCUT2D eigenvalue weighted by Crippen LogP contribution is -2.45. The van der Waals surface area contributed by atoms with Crippen molar-refractivity contribution in [2.75, 3.05) is 14.1 Å². The lowest BCUT2D eigenvalue weighted by Gasteiger charge is -2.15. The number of rotatable bonds is 2. The highest BCUT2D eigenvalue weighted by molar-refractivity contribution is 7.96. The van der Waals surface area contributed by atoms with Crippen LogP contribution in [0.4, 0.5) is 4.79 Å². The first-order valence-electron chi connectivity index (χ1n) is 2.10. The van der Waals surface area contributed by atoms with E-state index in [0.29, 0.717) is 0 Å². The highest BCUT2D eigenvalue weighted by Gasteiger charge is 2.00. The Morgan fingerprint density at radius 2 is 1.88 bits per heavy atom. The first-order valence-corrected chi connectivity index (χ1v) is 2.55. The molecule has 0 aromatic carbocycles. The van der Waals surface area contributed by atoms with Crippen molar-refractivity contribution >= 4 is 17.9 Å². The Balaban J connectivity index is 3.52. The molecule has 4 nitrogen and oxygen atoms in total. The summed E-state index contributed by atoms with van der Waals surface area (Å²) in [5.74, 6) is 0. The smallest absolute Gasteiger partial charge is 0.259 e. The van der Waals surface area contributed by atoms with Gasteiger partial charge in [0.2, 0.25) is 0 Å². The average molecular weight is 135 g/mol. The molecule has 8 heavy (non-hydrogen) atoms. The predicted molar refractivity (Wildman–Crippen MR) is 34.3 cm³/mol. The molecule has 0 aliphatic heterocycles. The van der Waals surface area contributed by atoms with Crippen molar-refractivity contribution in [3.8, 4) is 0 Å². The van der Waals surface area contributed by atoms with Crippen molar-refractivity contribution in [3.05, 3.63) is 0 Å². The maximum Gasteiger partial charge on any atom is 0.307 e. The molecular weight excluding hydrogens is 126 g/mol. The fourth-order valence-electron chi connectivity index (χ4n) is 0.303. The van der Waals surface area contributed by atoms with E-state index in [1.807, 2.05) is 0 Å². The molecule has 0 aliphatic rings. The first kappa shape index (κ1) is 7.74. The maximum atomic E-state index is 10.3. The van der Waals surface area contributed by atoms with Crippen LogP contribution < -0.4 is 10.9 Å². The molecule has 0 atom stereocenters. The van der Waals surface area contributed by atoms with E-state index in [-0.39, 0.29) is 5.24 Å². The van der Waals surface area contributed by atoms with Gasteiger partial charge in [-0.2, -0.15) is 5.12 Å². The van der Waals surface area contributed by atoms with Gasteiger partial charge in [-0.25, -0.2) is 10.9 Å². The van der Waals surface area contributed by atoms with Crippen molar-refractivity contribution in [3.63, 3.8) is 0 Å². The second kappa shape index (κ2) is 3.71. The summed E-state index contributed by atoms with van der Waals surface area (Å²) in [6.07, 6.45) is 0. The number of hydrogen-bond donors (Lipinski definition) is 3. The van der Waals surface area contributed by atoms with Crippen molar-refractivity contribution in [2.45, 2.75) is 0 Å². The van der Waals surface area contributed by atoms with Crippen LogP contribution >= 0.6 is 12.6 Å². The molecule has 0 aliphatic carbocycles. The van der Waals surface area contributed by atoms with Gasteiger partial charge in [-0.3, -0.25) is 4.79 Å². The normalized spacial score (nSPS) is 8.88. The van der Waals surface area contributed by atoms with E-state index in [9.17, 15) is 4.79 Å². The summed E-state index contributed by atoms with van der Waals surface area (Å²) in [7, 11) is 3.23. The van der Waals surface area contributed by atoms with Gasteiger partial charge >= 0.3 is 5.24 Å². The molecule has 0 unspecified atom stereocenters. The maximum absolute atomic E-state index is 10.3. The van der Waals surface area contributed by atoms with Crippen LogP contribution in [0.5, 0.6) is 0 Å². The van der Waals surface area contributed by atoms with Crippen LogP contribution in [-0.4, -0.2) is 24.5 Å². The Morgan fingerprint density at radius 3 is 1.88 bits per heavy atom. The van der Waals surface area contributed by atoms with Gasteiger partial charge in [-0.1, -0.05) is 12.6 Å². The molecule has 48 valence electrons. The molecule has 0 bridgehead atoms. The van der Waals surface area contributed by atoms with Gasteiger partial charge in [0, 0.05) is 14.1 Å². The molecule has 0 saturated carbocycles. The van der Waals surface area contributed by atoms with Gasteiger partial charge in [0.1, 0.15) is 0 Å². The Bertz CT molecular complexity index is 82.6. The van der Waals surface area contributed by atoms with Crippen molar-refractivity contribution in [1.29, 1.82) is 0 Å². The molecule has 1 amide bonds. The second-order valence-corrected chi connectivity index (χ2v) is 1.45. The van der Waals surface area contributed by atoms with Crippen molar-refractivity contribution in [1.82, 2.24) is 16.0 Å². The minimum absolute atomic E-state index is 0.366. The first-order chi connectivity index (χ1) is 3.72. The van der Waals surface area contributed by atoms with Gasteiger partial charge in [-0.15, -0.1) is 0 Å². The molecule has 2 N–H and O–H groups in total. The van der Waals surface area contributed by atoms with Crippen LogP contribution in [0.2, 0.25) is 0 Å². The van der Waals surface area contributed by atoms with Crippen molar-refractivity contribution < 1.29 is 4.79 Å². The third-order valence-electron chi connectivity index (χ3n) is 0.639. The van der Waals surface area contributed by atoms with E-state index in [0.717, 1.165) is 5.12 Å². The fourth-order valence-corrected chi connectivity index (χ4v) is 0.503. The number of carbonyl (C=O) groups excluding carboxylic acids is 1. The molecule has 5 heteroatoms. The van der Waals surface area contributed by atoms with E-state index >= 15 is 0 Å². The number of thiol groups is 1. The zero-order valence-corrected chi connectivity index (χ0v) is 5.70. The lowest BCUT2D eigenvalue weighted by molar-refractivity contribution is 0.175. The monoisotopic (exact) mass is 135 g/mol. The molecule has 0 heterocycles. The molecule has 0 radical (unpaired) electrons. The van der Waals surface area contributed by atoms with Crippen LogP contribution in [0.3, 0.4) is 0 Å². The van der Waals surface area contributed by atoms with E-state index in [1.54, 1.807) is 14.1 Å². The number of hydrazine groups is 2. The summed E-state index contributed by atoms with van der Waals surface area (Å²) >= 11 is 3.52. The number of nitrogens with zero attached hydrogens (tertiary/aromatic N) is 1. The summed E-state index contributed by atoms with van der Waals surface area (Å²) in [6, 6.07) is 0. The summed E-state index contributed by atoms with van der Waals surface area (Å²) in [4.78, 5) is 10.3. The van der Waals surface area contributed by atoms with E-state index in [1.165, 1.54) is 0 Å². The second-order valence-electron chi connectivity index (χ2n) is 1.07. The van der Waals surface area contributed by atoms with Crippen LogP contribution in [0, 0.1) is 0 Å². The Morgan fingerprint density at radius 1 is 1.50 bits per heavy atom. The summed E-state index contributed by atoms with van der Waals surface area (Å²) in [5.41, 5.74) is 5.09. The van der Waals surface area contributed by atoms with Crippen LogP contribution in [-0.2, 0) is 0 Å². The van der Waals surface area contributed by atoms with E-state index in [4.69, 9.17) is 0 Å². The zero-order chi connectivity index (χ0) is 6.57. The summed E-state index contributed by atoms with van der Waals surface area (Å²) < 4.78 is 0. The topological polar surface area (TPSA) is 44.4 Å². The minimum atomic E-state index is -0.366. The summed E-state index contributed by atoms with van der Waals surface area (Å²) in [6.45, 7) is 0. The molecule has 0 rings (SSSR count). The quantitative estimate of drug-likeness (QED) is 0.357. The number of hydrogen-bond acceptors (Lipinski definition) is 3. The number of carbonyl (C=O) groups is 1. The fraction of sp³-hybridized carbons (Fsp3) is 0.667. The van der Waals surface area contributed by atoms with Gasteiger partial charge in [0.15, 0.2) is 0 Å². The van der Waals surface area contributed by atoms with Crippen LogP contribution in [0.1, 0.15) is 0 Å². The van der Waals surface area contributed by atoms with Gasteiger partial charge in [0.05, 0.1) is 0 Å². The Hall–Kier alpha value is -0.260. The van der Waals surface area contributed by atoms with Gasteiger partial charge in [-0.05, 0) is 0 Å². The SMILES string of the molecule is CNN(NC)C(=O)S. The highest BCUT2D eigenvalue weighted by atomic mass is 32.1. The number of amides is 1. The van der Waals surface area contributed by atoms with Gasteiger partial charge in [0.25, 0.3) is 0 Å². The molecule has 0 aromatic heterocycles. The van der Waals surface area contributed by atoms with Crippen LogP contribution in [0.25, 0.3) is 0 Å². The molecule has 0 saturated heterocycles. The average Bonchev–Trinajstić information content (AvgIpc) is 1.69. The summed E-state index contributed by atoms with van der Waals surface area (Å²) in [5, 5.41) is 0.776. The molecule has 0 fully saturated rings. The van der Waals surface area contributed by atoms with E-state index in [2.05, 4.69) is 23.5 Å².